The van der Waals surface area contributed by atoms with E-state index in [9.17, 15) is 18.0 Å². The molecule has 0 radical (unpaired) electrons. The lowest BCUT2D eigenvalue weighted by Gasteiger charge is -2.13. The largest absolute Gasteiger partial charge is 0.460 e. The van der Waals surface area contributed by atoms with Gasteiger partial charge in [0.15, 0.2) is 5.76 Å². The summed E-state index contributed by atoms with van der Waals surface area (Å²) in [6.07, 6.45) is -3.29. The molecule has 0 spiro atoms. The first-order valence-corrected chi connectivity index (χ1v) is 7.67. The van der Waals surface area contributed by atoms with E-state index in [1.165, 1.54) is 30.6 Å². The van der Waals surface area contributed by atoms with Gasteiger partial charge >= 0.3 is 6.18 Å². The molecule has 26 heavy (non-hydrogen) atoms. The molecule has 1 amide bonds. The fraction of sp³-hybridized carbons (Fsp3) is 0.167. The van der Waals surface area contributed by atoms with E-state index >= 15 is 0 Å². The van der Waals surface area contributed by atoms with Crippen LogP contribution in [0.2, 0.25) is 0 Å². The van der Waals surface area contributed by atoms with E-state index in [4.69, 9.17) is 4.42 Å². The maximum Gasteiger partial charge on any atom is 0.416 e. The van der Waals surface area contributed by atoms with Crippen LogP contribution in [0, 0.1) is 6.92 Å². The van der Waals surface area contributed by atoms with Crippen LogP contribution in [0.15, 0.2) is 53.2 Å². The fourth-order valence-electron chi connectivity index (χ4n) is 2.41. The van der Waals surface area contributed by atoms with E-state index in [1.807, 2.05) is 0 Å². The van der Waals surface area contributed by atoms with Gasteiger partial charge in [0.2, 0.25) is 0 Å². The van der Waals surface area contributed by atoms with Gasteiger partial charge in [-0.3, -0.25) is 4.79 Å². The maximum absolute atomic E-state index is 13.0. The summed E-state index contributed by atoms with van der Waals surface area (Å²) in [6, 6.07) is 9.96. The van der Waals surface area contributed by atoms with Gasteiger partial charge in [0.05, 0.1) is 5.56 Å². The molecule has 1 N–H and O–H groups in total. The minimum atomic E-state index is -4.49. The SMILES string of the molecule is Cc1ccc(-c2cc(C(=O)NCc3ccccc3C(F)(F)F)ncn2)o1. The topological polar surface area (TPSA) is 68.0 Å². The zero-order valence-corrected chi connectivity index (χ0v) is 13.7. The van der Waals surface area contributed by atoms with Gasteiger partial charge in [0, 0.05) is 6.54 Å². The highest BCUT2D eigenvalue weighted by atomic mass is 19.4. The van der Waals surface area contributed by atoms with E-state index in [-0.39, 0.29) is 17.8 Å². The molecule has 0 unspecified atom stereocenters. The molecule has 2 heterocycles. The normalized spacial score (nSPS) is 11.4. The van der Waals surface area contributed by atoms with Crippen LogP contribution < -0.4 is 5.32 Å². The molecule has 134 valence electrons. The number of alkyl halides is 3. The van der Waals surface area contributed by atoms with Gasteiger partial charge in [-0.2, -0.15) is 13.2 Å². The highest BCUT2D eigenvalue weighted by Crippen LogP contribution is 2.31. The van der Waals surface area contributed by atoms with E-state index < -0.39 is 17.6 Å². The first kappa shape index (κ1) is 17.7. The molecule has 1 aromatic carbocycles. The van der Waals surface area contributed by atoms with Crippen LogP contribution in [0.5, 0.6) is 0 Å². The van der Waals surface area contributed by atoms with Crippen molar-refractivity contribution in [3.8, 4) is 11.5 Å². The first-order valence-electron chi connectivity index (χ1n) is 7.67. The van der Waals surface area contributed by atoms with Crippen LogP contribution >= 0.6 is 0 Å². The Morgan fingerprint density at radius 1 is 1.15 bits per heavy atom. The number of benzene rings is 1. The summed E-state index contributed by atoms with van der Waals surface area (Å²) in [5.74, 6) is 0.559. The van der Waals surface area contributed by atoms with Crippen molar-refractivity contribution >= 4 is 5.91 Å². The minimum Gasteiger partial charge on any atom is -0.460 e. The van der Waals surface area contributed by atoms with Crippen LogP contribution in [0.25, 0.3) is 11.5 Å². The van der Waals surface area contributed by atoms with Gasteiger partial charge < -0.3 is 9.73 Å². The number of rotatable bonds is 4. The van der Waals surface area contributed by atoms with E-state index in [2.05, 4.69) is 15.3 Å². The van der Waals surface area contributed by atoms with Crippen LogP contribution in [0.1, 0.15) is 27.4 Å². The van der Waals surface area contributed by atoms with Gasteiger partial charge in [-0.1, -0.05) is 18.2 Å². The summed E-state index contributed by atoms with van der Waals surface area (Å²) < 4.78 is 44.4. The second-order valence-electron chi connectivity index (χ2n) is 5.54. The Morgan fingerprint density at radius 2 is 1.92 bits per heavy atom. The van der Waals surface area contributed by atoms with Crippen molar-refractivity contribution in [1.29, 1.82) is 0 Å². The third kappa shape index (κ3) is 3.90. The molecule has 0 bridgehead atoms. The van der Waals surface area contributed by atoms with Gasteiger partial charge in [0.25, 0.3) is 5.91 Å². The molecule has 0 aliphatic heterocycles. The van der Waals surface area contributed by atoms with Gasteiger partial charge in [-0.15, -0.1) is 0 Å². The predicted octanol–water partition coefficient (Wildman–Crippen LogP) is 3.99. The molecule has 0 saturated heterocycles. The zero-order valence-electron chi connectivity index (χ0n) is 13.7. The van der Waals surface area contributed by atoms with Crippen molar-refractivity contribution in [2.75, 3.05) is 0 Å². The molecule has 5 nitrogen and oxygen atoms in total. The fourth-order valence-corrected chi connectivity index (χ4v) is 2.41. The molecular formula is C18H14F3N3O2. The number of nitrogens with zero attached hydrogens (tertiary/aromatic N) is 2. The Balaban J connectivity index is 1.76. The van der Waals surface area contributed by atoms with Crippen LogP contribution in [-0.2, 0) is 12.7 Å². The lowest BCUT2D eigenvalue weighted by atomic mass is 10.1. The number of amides is 1. The second-order valence-corrected chi connectivity index (χ2v) is 5.54. The predicted molar refractivity (Wildman–Crippen MR) is 87.1 cm³/mol. The first-order chi connectivity index (χ1) is 12.3. The monoisotopic (exact) mass is 361 g/mol. The van der Waals surface area contributed by atoms with E-state index in [0.29, 0.717) is 17.2 Å². The third-order valence-corrected chi connectivity index (χ3v) is 3.65. The number of nitrogens with one attached hydrogen (secondary N) is 1. The van der Waals surface area contributed by atoms with E-state index in [1.54, 1.807) is 19.1 Å². The Kier molecular flexibility index (Phi) is 4.75. The van der Waals surface area contributed by atoms with Crippen molar-refractivity contribution < 1.29 is 22.4 Å². The Labute approximate surface area is 146 Å². The molecule has 3 aromatic rings. The molecule has 8 heteroatoms. The van der Waals surface area contributed by atoms with Gasteiger partial charge in [-0.25, -0.2) is 9.97 Å². The molecule has 0 aliphatic carbocycles. The summed E-state index contributed by atoms with van der Waals surface area (Å²) in [7, 11) is 0. The number of aromatic nitrogens is 2. The molecule has 0 saturated carbocycles. The number of carbonyl (C=O) groups is 1. The van der Waals surface area contributed by atoms with Crippen molar-refractivity contribution in [1.82, 2.24) is 15.3 Å². The Morgan fingerprint density at radius 3 is 2.62 bits per heavy atom. The minimum absolute atomic E-state index is 0.0238. The van der Waals surface area contributed by atoms with E-state index in [0.717, 1.165) is 6.07 Å². The second kappa shape index (κ2) is 6.99. The van der Waals surface area contributed by atoms with Crippen molar-refractivity contribution in [2.45, 2.75) is 19.6 Å². The summed E-state index contributed by atoms with van der Waals surface area (Å²) in [6.45, 7) is 1.50. The summed E-state index contributed by atoms with van der Waals surface area (Å²) >= 11 is 0. The Hall–Kier alpha value is -3.16. The number of halogens is 3. The lowest BCUT2D eigenvalue weighted by molar-refractivity contribution is -0.138. The zero-order chi connectivity index (χ0) is 18.7. The number of aryl methyl sites for hydroxylation is 1. The number of furan rings is 1. The van der Waals surface area contributed by atoms with Gasteiger partial charge in [0.1, 0.15) is 23.5 Å². The van der Waals surface area contributed by atoms with Gasteiger partial charge in [-0.05, 0) is 36.8 Å². The average Bonchev–Trinajstić information content (AvgIpc) is 3.06. The highest BCUT2D eigenvalue weighted by Gasteiger charge is 2.32. The van der Waals surface area contributed by atoms with Crippen molar-refractivity contribution in [3.63, 3.8) is 0 Å². The number of hydrogen-bond acceptors (Lipinski definition) is 4. The van der Waals surface area contributed by atoms with Crippen LogP contribution in [-0.4, -0.2) is 15.9 Å². The third-order valence-electron chi connectivity index (χ3n) is 3.65. The van der Waals surface area contributed by atoms with Crippen molar-refractivity contribution in [3.05, 3.63) is 71.4 Å². The maximum atomic E-state index is 13.0. The van der Waals surface area contributed by atoms with Crippen molar-refractivity contribution in [2.24, 2.45) is 0 Å². The Bertz CT molecular complexity index is 935. The number of hydrogen-bond donors (Lipinski definition) is 1. The molecular weight excluding hydrogens is 347 g/mol. The quantitative estimate of drug-likeness (QED) is 0.763. The average molecular weight is 361 g/mol. The smallest absolute Gasteiger partial charge is 0.416 e. The summed E-state index contributed by atoms with van der Waals surface area (Å²) in [5.41, 5.74) is -0.360. The molecule has 0 atom stereocenters. The highest BCUT2D eigenvalue weighted by molar-refractivity contribution is 5.92. The summed E-state index contributed by atoms with van der Waals surface area (Å²) in [4.78, 5) is 20.2. The molecule has 0 fully saturated rings. The summed E-state index contributed by atoms with van der Waals surface area (Å²) in [5, 5.41) is 2.45. The molecule has 0 aliphatic rings. The van der Waals surface area contributed by atoms with Crippen LogP contribution in [0.3, 0.4) is 0 Å². The number of carbonyl (C=O) groups excluding carboxylic acids is 1. The lowest BCUT2D eigenvalue weighted by Crippen LogP contribution is -2.25. The van der Waals surface area contributed by atoms with Crippen LogP contribution in [0.4, 0.5) is 13.2 Å². The standard InChI is InChI=1S/C18H14F3N3O2/c1-11-6-7-16(26-11)14-8-15(24-10-23-14)17(25)22-9-12-4-2-3-5-13(12)18(19,20)21/h2-8,10H,9H2,1H3,(H,22,25). The molecule has 3 rings (SSSR count). The molecule has 2 aromatic heterocycles.